The van der Waals surface area contributed by atoms with Gasteiger partial charge in [0.25, 0.3) is 0 Å². The number of likely N-dealkylation sites (tertiary alicyclic amines) is 1. The maximum absolute atomic E-state index is 12.6. The minimum Gasteiger partial charge on any atom is -0.368 e. The lowest BCUT2D eigenvalue weighted by molar-refractivity contribution is -0.122. The van der Waals surface area contributed by atoms with E-state index in [1.54, 1.807) is 4.68 Å². The van der Waals surface area contributed by atoms with Crippen molar-refractivity contribution in [1.29, 1.82) is 0 Å². The molecule has 2 fully saturated rings. The van der Waals surface area contributed by atoms with E-state index in [1.165, 1.54) is 0 Å². The Hall–Kier alpha value is -2.67. The molecule has 2 aromatic rings. The molecule has 7 nitrogen and oxygen atoms in total. The van der Waals surface area contributed by atoms with E-state index in [1.807, 2.05) is 43.7 Å². The van der Waals surface area contributed by atoms with Crippen LogP contribution in [-0.4, -0.2) is 39.1 Å². The van der Waals surface area contributed by atoms with Crippen molar-refractivity contribution in [3.8, 4) is 0 Å². The zero-order chi connectivity index (χ0) is 19.0. The Morgan fingerprint density at radius 3 is 2.96 bits per heavy atom. The maximum atomic E-state index is 12.6. The average Bonchev–Trinajstić information content (AvgIpc) is 3.09. The molecule has 3 unspecified atom stereocenters. The van der Waals surface area contributed by atoms with Crippen molar-refractivity contribution in [2.24, 2.45) is 18.7 Å². The van der Waals surface area contributed by atoms with Crippen LogP contribution in [0.5, 0.6) is 0 Å². The van der Waals surface area contributed by atoms with Crippen molar-refractivity contribution in [3.63, 3.8) is 0 Å². The number of carbonyl (C=O) groups excluding carboxylic acids is 2. The third-order valence-corrected chi connectivity index (χ3v) is 5.55. The fourth-order valence-electron chi connectivity index (χ4n) is 4.04. The molecule has 0 radical (unpaired) electrons. The number of nitrogens with two attached hydrogens (primary N) is 1. The molecule has 142 valence electrons. The summed E-state index contributed by atoms with van der Waals surface area (Å²) in [5.74, 6) is 0.0720. The molecule has 27 heavy (non-hydrogen) atoms. The second kappa shape index (κ2) is 7.15. The summed E-state index contributed by atoms with van der Waals surface area (Å²) in [6.07, 6.45) is 6.49. The SMILES string of the molecule is Cn1cc(C2CC2C(=O)Nc2cccc(CN3CCCC3C(N)=O)c2)cn1. The van der Waals surface area contributed by atoms with E-state index in [0.29, 0.717) is 6.54 Å². The van der Waals surface area contributed by atoms with Gasteiger partial charge in [-0.15, -0.1) is 0 Å². The summed E-state index contributed by atoms with van der Waals surface area (Å²) in [5, 5.41) is 7.22. The van der Waals surface area contributed by atoms with Crippen LogP contribution >= 0.6 is 0 Å². The Bertz CT molecular complexity index is 862. The van der Waals surface area contributed by atoms with Gasteiger partial charge < -0.3 is 11.1 Å². The van der Waals surface area contributed by atoms with E-state index in [9.17, 15) is 9.59 Å². The summed E-state index contributed by atoms with van der Waals surface area (Å²) < 4.78 is 1.77. The van der Waals surface area contributed by atoms with E-state index in [-0.39, 0.29) is 29.7 Å². The number of nitrogens with zero attached hydrogens (tertiary/aromatic N) is 3. The highest BCUT2D eigenvalue weighted by Crippen LogP contribution is 2.47. The molecule has 7 heteroatoms. The van der Waals surface area contributed by atoms with Crippen LogP contribution in [0.1, 0.15) is 36.3 Å². The maximum Gasteiger partial charge on any atom is 0.234 e. The number of aromatic nitrogens is 2. The summed E-state index contributed by atoms with van der Waals surface area (Å²) in [7, 11) is 1.88. The minimum absolute atomic E-state index is 0.00989. The Morgan fingerprint density at radius 1 is 1.37 bits per heavy atom. The van der Waals surface area contributed by atoms with Crippen LogP contribution in [0.2, 0.25) is 0 Å². The Morgan fingerprint density at radius 2 is 2.22 bits per heavy atom. The highest BCUT2D eigenvalue weighted by molar-refractivity contribution is 5.95. The number of benzene rings is 1. The van der Waals surface area contributed by atoms with Crippen LogP contribution in [0, 0.1) is 5.92 Å². The molecule has 1 aliphatic carbocycles. The molecule has 4 rings (SSSR count). The molecule has 2 amide bonds. The van der Waals surface area contributed by atoms with Crippen LogP contribution in [0.4, 0.5) is 5.69 Å². The van der Waals surface area contributed by atoms with Gasteiger partial charge in [0.15, 0.2) is 0 Å². The van der Waals surface area contributed by atoms with Gasteiger partial charge >= 0.3 is 0 Å². The van der Waals surface area contributed by atoms with Gasteiger partial charge in [-0.1, -0.05) is 12.1 Å². The Labute approximate surface area is 158 Å². The zero-order valence-electron chi connectivity index (χ0n) is 15.5. The summed E-state index contributed by atoms with van der Waals surface area (Å²) in [5.41, 5.74) is 8.49. The van der Waals surface area contributed by atoms with Crippen LogP contribution in [0.25, 0.3) is 0 Å². The van der Waals surface area contributed by atoms with E-state index in [4.69, 9.17) is 5.73 Å². The normalized spacial score (nSPS) is 24.7. The molecule has 2 aliphatic rings. The first-order chi connectivity index (χ1) is 13.0. The molecule has 1 aromatic heterocycles. The van der Waals surface area contributed by atoms with Crippen LogP contribution in [0.15, 0.2) is 36.7 Å². The quantitative estimate of drug-likeness (QED) is 0.811. The monoisotopic (exact) mass is 367 g/mol. The lowest BCUT2D eigenvalue weighted by Gasteiger charge is -2.22. The molecule has 3 N–H and O–H groups in total. The summed E-state index contributed by atoms with van der Waals surface area (Å²) in [4.78, 5) is 26.2. The third-order valence-electron chi connectivity index (χ3n) is 5.55. The van der Waals surface area contributed by atoms with E-state index < -0.39 is 0 Å². The average molecular weight is 367 g/mol. The molecule has 2 heterocycles. The highest BCUT2D eigenvalue weighted by Gasteiger charge is 2.44. The van der Waals surface area contributed by atoms with Crippen molar-refractivity contribution < 1.29 is 9.59 Å². The number of primary amides is 1. The van der Waals surface area contributed by atoms with Crippen molar-refractivity contribution in [2.45, 2.75) is 37.8 Å². The molecule has 0 bridgehead atoms. The molecular weight excluding hydrogens is 342 g/mol. The number of nitrogens with one attached hydrogen (secondary N) is 1. The number of anilines is 1. The van der Waals surface area contributed by atoms with Crippen molar-refractivity contribution >= 4 is 17.5 Å². The predicted octanol–water partition coefficient (Wildman–Crippen LogP) is 1.61. The van der Waals surface area contributed by atoms with Gasteiger partial charge in [-0.25, -0.2) is 0 Å². The first-order valence-electron chi connectivity index (χ1n) is 9.43. The largest absolute Gasteiger partial charge is 0.368 e. The molecule has 1 saturated carbocycles. The Kier molecular flexibility index (Phi) is 4.70. The smallest absolute Gasteiger partial charge is 0.234 e. The fraction of sp³-hybridized carbons (Fsp3) is 0.450. The fourth-order valence-corrected chi connectivity index (χ4v) is 4.04. The summed E-state index contributed by atoms with van der Waals surface area (Å²) in [6.45, 7) is 1.54. The lowest BCUT2D eigenvalue weighted by atomic mass is 10.1. The molecule has 1 aromatic carbocycles. The second-order valence-corrected chi connectivity index (χ2v) is 7.62. The van der Waals surface area contributed by atoms with Gasteiger partial charge in [0, 0.05) is 31.4 Å². The summed E-state index contributed by atoms with van der Waals surface area (Å²) in [6, 6.07) is 7.65. The number of carbonyl (C=O) groups is 2. The predicted molar refractivity (Wildman–Crippen MR) is 102 cm³/mol. The standard InChI is InChI=1S/C20H25N5O2/c1-24-12-14(10-22-24)16-9-17(16)20(27)23-15-5-2-4-13(8-15)11-25-7-3-6-18(25)19(21)26/h2,4-5,8,10,12,16-18H,3,6-7,9,11H2,1H3,(H2,21,26)(H,23,27). The lowest BCUT2D eigenvalue weighted by Crippen LogP contribution is -2.39. The van der Waals surface area contributed by atoms with Gasteiger partial charge in [-0.05, 0) is 55.0 Å². The summed E-state index contributed by atoms with van der Waals surface area (Å²) >= 11 is 0. The Balaban J connectivity index is 1.37. The number of hydrogen-bond donors (Lipinski definition) is 2. The van der Waals surface area contributed by atoms with Crippen LogP contribution in [0.3, 0.4) is 0 Å². The number of amides is 2. The van der Waals surface area contributed by atoms with E-state index in [2.05, 4.69) is 15.3 Å². The van der Waals surface area contributed by atoms with Crippen LogP contribution in [-0.2, 0) is 23.2 Å². The van der Waals surface area contributed by atoms with Gasteiger partial charge in [0.05, 0.1) is 12.2 Å². The topological polar surface area (TPSA) is 93.3 Å². The number of rotatable bonds is 6. The molecule has 1 saturated heterocycles. The second-order valence-electron chi connectivity index (χ2n) is 7.62. The molecule has 1 aliphatic heterocycles. The molecule has 3 atom stereocenters. The molecule has 0 spiro atoms. The number of hydrogen-bond acceptors (Lipinski definition) is 4. The van der Waals surface area contributed by atoms with E-state index in [0.717, 1.165) is 42.6 Å². The van der Waals surface area contributed by atoms with Gasteiger partial charge in [-0.2, -0.15) is 5.10 Å². The van der Waals surface area contributed by atoms with Crippen LogP contribution < -0.4 is 11.1 Å². The van der Waals surface area contributed by atoms with Crippen molar-refractivity contribution in [1.82, 2.24) is 14.7 Å². The van der Waals surface area contributed by atoms with Gasteiger partial charge in [0.2, 0.25) is 11.8 Å². The first kappa shape index (κ1) is 17.7. The first-order valence-corrected chi connectivity index (χ1v) is 9.43. The van der Waals surface area contributed by atoms with Crippen molar-refractivity contribution in [3.05, 3.63) is 47.8 Å². The third kappa shape index (κ3) is 3.88. The molecular formula is C20H25N5O2. The van der Waals surface area contributed by atoms with Gasteiger partial charge in [0.1, 0.15) is 0 Å². The van der Waals surface area contributed by atoms with Crippen molar-refractivity contribution in [2.75, 3.05) is 11.9 Å². The van der Waals surface area contributed by atoms with E-state index >= 15 is 0 Å². The minimum atomic E-state index is -0.257. The zero-order valence-corrected chi connectivity index (χ0v) is 15.5. The van der Waals surface area contributed by atoms with Gasteiger partial charge in [-0.3, -0.25) is 19.2 Å². The number of aryl methyl sites for hydroxylation is 1. The highest BCUT2D eigenvalue weighted by atomic mass is 16.2.